The molecular weight excluding hydrogens is 270 g/mol. The molecule has 1 aromatic carbocycles. The van der Waals surface area contributed by atoms with Crippen LogP contribution in [0.25, 0.3) is 0 Å². The molecule has 1 heterocycles. The highest BCUT2D eigenvalue weighted by molar-refractivity contribution is 6.00. The SMILES string of the molecule is CCNC(=O)c1ccc(N)cc1N1CC(CO)OCC1C. The van der Waals surface area contributed by atoms with E-state index in [0.29, 0.717) is 30.9 Å². The van der Waals surface area contributed by atoms with E-state index in [-0.39, 0.29) is 24.7 Å². The third kappa shape index (κ3) is 3.46. The largest absolute Gasteiger partial charge is 0.399 e. The molecule has 0 aliphatic carbocycles. The first-order chi connectivity index (χ1) is 10.1. The van der Waals surface area contributed by atoms with Crippen molar-refractivity contribution in [2.75, 3.05) is 36.9 Å². The molecular formula is C15H23N3O3. The van der Waals surface area contributed by atoms with Crippen LogP contribution in [0.1, 0.15) is 24.2 Å². The van der Waals surface area contributed by atoms with E-state index >= 15 is 0 Å². The number of aliphatic hydroxyl groups excluding tert-OH is 1. The number of amides is 1. The molecule has 21 heavy (non-hydrogen) atoms. The second-order valence-electron chi connectivity index (χ2n) is 5.28. The molecule has 0 spiro atoms. The predicted octanol–water partition coefficient (Wildman–Crippen LogP) is 0.605. The summed E-state index contributed by atoms with van der Waals surface area (Å²) in [5.74, 6) is -0.119. The number of carbonyl (C=O) groups excluding carboxylic acids is 1. The van der Waals surface area contributed by atoms with Gasteiger partial charge in [-0.25, -0.2) is 0 Å². The van der Waals surface area contributed by atoms with Crippen molar-refractivity contribution in [1.29, 1.82) is 0 Å². The minimum absolute atomic E-state index is 0.0397. The van der Waals surface area contributed by atoms with Gasteiger partial charge in [0.15, 0.2) is 0 Å². The van der Waals surface area contributed by atoms with Crippen LogP contribution in [0, 0.1) is 0 Å². The quantitative estimate of drug-likeness (QED) is 0.708. The van der Waals surface area contributed by atoms with Gasteiger partial charge < -0.3 is 25.8 Å². The van der Waals surface area contributed by atoms with Crippen molar-refractivity contribution < 1.29 is 14.6 Å². The standard InChI is InChI=1S/C15H23N3O3/c1-3-17-15(20)13-5-4-11(16)6-14(13)18-7-12(8-19)21-9-10(18)2/h4-6,10,12,19H,3,7-9,16H2,1-2H3,(H,17,20). The van der Waals surface area contributed by atoms with Gasteiger partial charge in [0.1, 0.15) is 0 Å². The van der Waals surface area contributed by atoms with E-state index in [0.717, 1.165) is 5.69 Å². The van der Waals surface area contributed by atoms with Crippen molar-refractivity contribution >= 4 is 17.3 Å². The van der Waals surface area contributed by atoms with Gasteiger partial charge in [-0.15, -0.1) is 0 Å². The molecule has 2 unspecified atom stereocenters. The molecule has 4 N–H and O–H groups in total. The molecule has 116 valence electrons. The van der Waals surface area contributed by atoms with E-state index in [1.54, 1.807) is 18.2 Å². The van der Waals surface area contributed by atoms with E-state index in [4.69, 9.17) is 10.5 Å². The maximum Gasteiger partial charge on any atom is 0.253 e. The summed E-state index contributed by atoms with van der Waals surface area (Å²) in [4.78, 5) is 14.3. The minimum atomic E-state index is -0.246. The van der Waals surface area contributed by atoms with E-state index < -0.39 is 0 Å². The Morgan fingerprint density at radius 2 is 2.33 bits per heavy atom. The van der Waals surface area contributed by atoms with Gasteiger partial charge in [0, 0.05) is 24.8 Å². The van der Waals surface area contributed by atoms with Crippen LogP contribution in [-0.4, -0.2) is 49.5 Å². The van der Waals surface area contributed by atoms with Crippen LogP contribution in [0.15, 0.2) is 18.2 Å². The number of benzene rings is 1. The number of ether oxygens (including phenoxy) is 1. The van der Waals surface area contributed by atoms with E-state index in [9.17, 15) is 9.90 Å². The summed E-state index contributed by atoms with van der Waals surface area (Å²) < 4.78 is 5.55. The third-order valence-electron chi connectivity index (χ3n) is 3.62. The third-order valence-corrected chi connectivity index (χ3v) is 3.62. The van der Waals surface area contributed by atoms with Crippen LogP contribution in [0.4, 0.5) is 11.4 Å². The highest BCUT2D eigenvalue weighted by Crippen LogP contribution is 2.28. The number of hydrogen-bond acceptors (Lipinski definition) is 5. The van der Waals surface area contributed by atoms with Gasteiger partial charge in [-0.05, 0) is 32.0 Å². The van der Waals surface area contributed by atoms with Crippen LogP contribution < -0.4 is 16.0 Å². The molecule has 1 aromatic rings. The molecule has 0 saturated carbocycles. The summed E-state index contributed by atoms with van der Waals surface area (Å²) >= 11 is 0. The Hall–Kier alpha value is -1.79. The molecule has 1 amide bonds. The van der Waals surface area contributed by atoms with Crippen molar-refractivity contribution in [2.24, 2.45) is 0 Å². The Kier molecular flexibility index (Phi) is 5.03. The lowest BCUT2D eigenvalue weighted by Gasteiger charge is -2.40. The van der Waals surface area contributed by atoms with Gasteiger partial charge in [0.05, 0.1) is 30.6 Å². The average Bonchev–Trinajstić information content (AvgIpc) is 2.48. The fourth-order valence-electron chi connectivity index (χ4n) is 2.50. The highest BCUT2D eigenvalue weighted by Gasteiger charge is 2.28. The summed E-state index contributed by atoms with van der Waals surface area (Å²) in [6.07, 6.45) is -0.246. The monoisotopic (exact) mass is 293 g/mol. The Balaban J connectivity index is 2.36. The zero-order chi connectivity index (χ0) is 15.4. The maximum atomic E-state index is 12.2. The Labute approximate surface area is 124 Å². The predicted molar refractivity (Wildman–Crippen MR) is 82.5 cm³/mol. The Morgan fingerprint density at radius 3 is 3.00 bits per heavy atom. The van der Waals surface area contributed by atoms with E-state index in [1.165, 1.54) is 0 Å². The minimum Gasteiger partial charge on any atom is -0.399 e. The van der Waals surface area contributed by atoms with Crippen LogP contribution in [0.2, 0.25) is 0 Å². The van der Waals surface area contributed by atoms with Crippen molar-refractivity contribution in [3.63, 3.8) is 0 Å². The smallest absolute Gasteiger partial charge is 0.253 e. The molecule has 2 atom stereocenters. The zero-order valence-electron chi connectivity index (χ0n) is 12.5. The van der Waals surface area contributed by atoms with Gasteiger partial charge in [-0.1, -0.05) is 0 Å². The molecule has 1 fully saturated rings. The fourth-order valence-corrected chi connectivity index (χ4v) is 2.50. The van der Waals surface area contributed by atoms with Crippen LogP contribution in [0.5, 0.6) is 0 Å². The lowest BCUT2D eigenvalue weighted by Crippen LogP contribution is -2.50. The zero-order valence-corrected chi connectivity index (χ0v) is 12.5. The summed E-state index contributed by atoms with van der Waals surface area (Å²) in [6.45, 7) is 5.48. The molecule has 1 saturated heterocycles. The van der Waals surface area contributed by atoms with Gasteiger partial charge in [-0.2, -0.15) is 0 Å². The molecule has 6 heteroatoms. The summed E-state index contributed by atoms with van der Waals surface area (Å²) in [5, 5.41) is 12.1. The van der Waals surface area contributed by atoms with Gasteiger partial charge in [0.25, 0.3) is 5.91 Å². The highest BCUT2D eigenvalue weighted by atomic mass is 16.5. The fraction of sp³-hybridized carbons (Fsp3) is 0.533. The number of carbonyl (C=O) groups is 1. The average molecular weight is 293 g/mol. The first-order valence-corrected chi connectivity index (χ1v) is 7.23. The number of nitrogen functional groups attached to an aromatic ring is 1. The molecule has 1 aliphatic heterocycles. The molecule has 0 bridgehead atoms. The van der Waals surface area contributed by atoms with Crippen molar-refractivity contribution in [3.8, 4) is 0 Å². The van der Waals surface area contributed by atoms with Crippen LogP contribution in [0.3, 0.4) is 0 Å². The van der Waals surface area contributed by atoms with Crippen LogP contribution in [-0.2, 0) is 4.74 Å². The lowest BCUT2D eigenvalue weighted by molar-refractivity contribution is -0.0103. The molecule has 2 rings (SSSR count). The second-order valence-corrected chi connectivity index (χ2v) is 5.28. The van der Waals surface area contributed by atoms with Gasteiger partial charge >= 0.3 is 0 Å². The number of hydrogen-bond donors (Lipinski definition) is 3. The summed E-state index contributed by atoms with van der Waals surface area (Å²) in [7, 11) is 0. The van der Waals surface area contributed by atoms with Crippen molar-refractivity contribution in [3.05, 3.63) is 23.8 Å². The van der Waals surface area contributed by atoms with Crippen LogP contribution >= 0.6 is 0 Å². The molecule has 1 aliphatic rings. The molecule has 6 nitrogen and oxygen atoms in total. The molecule has 0 radical (unpaired) electrons. The number of rotatable bonds is 4. The Morgan fingerprint density at radius 1 is 1.57 bits per heavy atom. The first kappa shape index (κ1) is 15.6. The number of anilines is 2. The van der Waals surface area contributed by atoms with E-state index in [1.807, 2.05) is 13.8 Å². The number of nitrogens with one attached hydrogen (secondary N) is 1. The van der Waals surface area contributed by atoms with Crippen molar-refractivity contribution in [1.82, 2.24) is 5.32 Å². The summed E-state index contributed by atoms with van der Waals surface area (Å²) in [6, 6.07) is 5.39. The lowest BCUT2D eigenvalue weighted by atomic mass is 10.1. The second kappa shape index (κ2) is 6.78. The van der Waals surface area contributed by atoms with Gasteiger partial charge in [0.2, 0.25) is 0 Å². The normalized spacial score (nSPS) is 22.1. The Bertz CT molecular complexity index is 507. The number of nitrogens with zero attached hydrogens (tertiary/aromatic N) is 1. The number of aliphatic hydroxyl groups is 1. The number of morpholine rings is 1. The summed E-state index contributed by atoms with van der Waals surface area (Å²) in [5.41, 5.74) is 7.87. The van der Waals surface area contributed by atoms with Gasteiger partial charge in [-0.3, -0.25) is 4.79 Å². The maximum absolute atomic E-state index is 12.2. The topological polar surface area (TPSA) is 87.8 Å². The molecule has 0 aromatic heterocycles. The van der Waals surface area contributed by atoms with E-state index in [2.05, 4.69) is 10.2 Å². The van der Waals surface area contributed by atoms with Crippen molar-refractivity contribution in [2.45, 2.75) is 26.0 Å². The first-order valence-electron chi connectivity index (χ1n) is 7.23. The number of nitrogens with two attached hydrogens (primary N) is 1.